The maximum Gasteiger partial charge on any atom is 0.137 e. The quantitative estimate of drug-likeness (QED) is 0.518. The number of halogens is 2. The second kappa shape index (κ2) is 5.82. The summed E-state index contributed by atoms with van der Waals surface area (Å²) in [6, 6.07) is 4.53. The number of methoxy groups -OCH3 is 1. The topological polar surface area (TPSA) is 47.6 Å². The Kier molecular flexibility index (Phi) is 4.71. The van der Waals surface area contributed by atoms with Gasteiger partial charge in [-0.25, -0.2) is 4.39 Å². The monoisotopic (exact) mass is 274 g/mol. The Bertz CT molecular complexity index is 368. The Morgan fingerprint density at radius 1 is 1.60 bits per heavy atom. The van der Waals surface area contributed by atoms with Gasteiger partial charge in [-0.05, 0) is 34.1 Å². The third kappa shape index (κ3) is 3.60. The normalized spacial score (nSPS) is 11.8. The first kappa shape index (κ1) is 12.1. The number of nitrogens with two attached hydrogens (primary N) is 1. The van der Waals surface area contributed by atoms with Gasteiger partial charge in [0.1, 0.15) is 11.7 Å². The summed E-state index contributed by atoms with van der Waals surface area (Å²) < 4.78 is 18.1. The van der Waals surface area contributed by atoms with Gasteiger partial charge in [0.2, 0.25) is 0 Å². The Balaban J connectivity index is 2.77. The van der Waals surface area contributed by atoms with E-state index < -0.39 is 0 Å². The zero-order valence-corrected chi connectivity index (χ0v) is 9.92. The van der Waals surface area contributed by atoms with Gasteiger partial charge in [-0.1, -0.05) is 0 Å². The molecule has 2 N–H and O–H groups in total. The van der Waals surface area contributed by atoms with Crippen molar-refractivity contribution in [1.82, 2.24) is 0 Å². The summed E-state index contributed by atoms with van der Waals surface area (Å²) in [6.45, 7) is 1.01. The number of rotatable bonds is 4. The molecule has 0 bridgehead atoms. The van der Waals surface area contributed by atoms with E-state index in [0.717, 1.165) is 0 Å². The third-order valence-corrected chi connectivity index (χ3v) is 2.40. The molecule has 82 valence electrons. The third-order valence-electron chi connectivity index (χ3n) is 1.79. The average molecular weight is 275 g/mol. The molecule has 0 saturated carbocycles. The molecule has 0 radical (unpaired) electrons. The molecule has 3 nitrogen and oxygen atoms in total. The lowest BCUT2D eigenvalue weighted by molar-refractivity contribution is 0.208. The molecule has 15 heavy (non-hydrogen) atoms. The summed E-state index contributed by atoms with van der Waals surface area (Å²) in [7, 11) is 1.60. The molecule has 1 aromatic rings. The molecule has 0 unspecified atom stereocenters. The summed E-state index contributed by atoms with van der Waals surface area (Å²) in [5, 5.41) is 0. The van der Waals surface area contributed by atoms with Crippen LogP contribution in [0.4, 0.5) is 4.39 Å². The van der Waals surface area contributed by atoms with Crippen molar-refractivity contribution < 1.29 is 9.13 Å². The Morgan fingerprint density at radius 2 is 2.33 bits per heavy atom. The fourth-order valence-electron chi connectivity index (χ4n) is 1.00. The van der Waals surface area contributed by atoms with Gasteiger partial charge in [0, 0.05) is 12.7 Å². The van der Waals surface area contributed by atoms with Gasteiger partial charge in [0.05, 0.1) is 17.6 Å². The van der Waals surface area contributed by atoms with Crippen LogP contribution in [0.2, 0.25) is 0 Å². The summed E-state index contributed by atoms with van der Waals surface area (Å²) in [6.07, 6.45) is 0. The minimum Gasteiger partial charge on any atom is -0.384 e. The van der Waals surface area contributed by atoms with Crippen LogP contribution < -0.4 is 5.73 Å². The van der Waals surface area contributed by atoms with Gasteiger partial charge in [0.25, 0.3) is 0 Å². The van der Waals surface area contributed by atoms with E-state index in [2.05, 4.69) is 20.9 Å². The van der Waals surface area contributed by atoms with Crippen LogP contribution in [0.3, 0.4) is 0 Å². The van der Waals surface area contributed by atoms with E-state index in [9.17, 15) is 4.39 Å². The SMILES string of the molecule is COCCN=C(N)c1ccc(F)c(Br)c1. The van der Waals surface area contributed by atoms with Crippen LogP contribution in [-0.4, -0.2) is 26.1 Å². The fraction of sp³-hybridized carbons (Fsp3) is 0.300. The molecule has 0 heterocycles. The van der Waals surface area contributed by atoms with Crippen LogP contribution in [-0.2, 0) is 4.74 Å². The smallest absolute Gasteiger partial charge is 0.137 e. The zero-order chi connectivity index (χ0) is 11.3. The maximum absolute atomic E-state index is 12.9. The number of amidine groups is 1. The van der Waals surface area contributed by atoms with Crippen molar-refractivity contribution >= 4 is 21.8 Å². The van der Waals surface area contributed by atoms with Crippen LogP contribution in [0.15, 0.2) is 27.7 Å². The highest BCUT2D eigenvalue weighted by molar-refractivity contribution is 9.10. The Hall–Kier alpha value is -0.940. The van der Waals surface area contributed by atoms with Crippen molar-refractivity contribution in [2.75, 3.05) is 20.3 Å². The summed E-state index contributed by atoms with van der Waals surface area (Å²) in [5.41, 5.74) is 6.40. The standard InChI is InChI=1S/C10H12BrFN2O/c1-15-5-4-14-10(13)7-2-3-9(12)8(11)6-7/h2-3,6H,4-5H2,1H3,(H2,13,14). The molecule has 1 rings (SSSR count). The maximum atomic E-state index is 12.9. The van der Waals surface area contributed by atoms with Crippen LogP contribution in [0, 0.1) is 5.82 Å². The first-order valence-corrected chi connectivity index (χ1v) is 5.18. The van der Waals surface area contributed by atoms with Crippen molar-refractivity contribution in [3.8, 4) is 0 Å². The van der Waals surface area contributed by atoms with Crippen molar-refractivity contribution in [2.45, 2.75) is 0 Å². The van der Waals surface area contributed by atoms with Crippen LogP contribution >= 0.6 is 15.9 Å². The molecule has 0 saturated heterocycles. The highest BCUT2D eigenvalue weighted by Crippen LogP contribution is 2.16. The molecule has 0 amide bonds. The lowest BCUT2D eigenvalue weighted by atomic mass is 10.2. The Labute approximate surface area is 96.3 Å². The first-order valence-electron chi connectivity index (χ1n) is 4.39. The van der Waals surface area contributed by atoms with Crippen molar-refractivity contribution in [3.63, 3.8) is 0 Å². The van der Waals surface area contributed by atoms with Gasteiger partial charge in [0.15, 0.2) is 0 Å². The molecular formula is C10H12BrFN2O. The molecule has 1 aromatic carbocycles. The van der Waals surface area contributed by atoms with E-state index in [-0.39, 0.29) is 5.82 Å². The molecule has 0 aromatic heterocycles. The molecule has 0 aliphatic rings. The summed E-state index contributed by atoms with van der Waals surface area (Å²) in [4.78, 5) is 4.08. The predicted octanol–water partition coefficient (Wildman–Crippen LogP) is 1.94. The summed E-state index contributed by atoms with van der Waals surface area (Å²) >= 11 is 3.09. The van der Waals surface area contributed by atoms with E-state index in [4.69, 9.17) is 10.5 Å². The molecule has 0 fully saturated rings. The number of ether oxygens (including phenoxy) is 1. The van der Waals surface area contributed by atoms with Crippen LogP contribution in [0.1, 0.15) is 5.56 Å². The first-order chi connectivity index (χ1) is 7.15. The van der Waals surface area contributed by atoms with Gasteiger partial charge in [-0.15, -0.1) is 0 Å². The van der Waals surface area contributed by atoms with E-state index >= 15 is 0 Å². The Morgan fingerprint density at radius 3 is 2.93 bits per heavy atom. The van der Waals surface area contributed by atoms with E-state index in [1.807, 2.05) is 0 Å². The van der Waals surface area contributed by atoms with Gasteiger partial charge in [-0.3, -0.25) is 4.99 Å². The van der Waals surface area contributed by atoms with Crippen molar-refractivity contribution in [1.29, 1.82) is 0 Å². The number of benzene rings is 1. The largest absolute Gasteiger partial charge is 0.384 e. The van der Waals surface area contributed by atoms with Gasteiger partial charge >= 0.3 is 0 Å². The minimum atomic E-state index is -0.316. The van der Waals surface area contributed by atoms with Crippen LogP contribution in [0.5, 0.6) is 0 Å². The number of hydrogen-bond acceptors (Lipinski definition) is 2. The molecule has 0 spiro atoms. The number of hydrogen-bond donors (Lipinski definition) is 1. The molecule has 5 heteroatoms. The summed E-state index contributed by atoms with van der Waals surface area (Å²) in [5.74, 6) is 0.0659. The molecule has 0 aliphatic heterocycles. The lowest BCUT2D eigenvalue weighted by Crippen LogP contribution is -2.15. The molecule has 0 aliphatic carbocycles. The van der Waals surface area contributed by atoms with Gasteiger partial charge in [-0.2, -0.15) is 0 Å². The van der Waals surface area contributed by atoms with E-state index in [1.165, 1.54) is 6.07 Å². The molecular weight excluding hydrogens is 263 g/mol. The molecule has 0 atom stereocenters. The van der Waals surface area contributed by atoms with Crippen LogP contribution in [0.25, 0.3) is 0 Å². The minimum absolute atomic E-state index is 0.316. The van der Waals surface area contributed by atoms with E-state index in [1.54, 1.807) is 19.2 Å². The number of nitrogens with zero attached hydrogens (tertiary/aromatic N) is 1. The van der Waals surface area contributed by atoms with Crippen molar-refractivity contribution in [2.24, 2.45) is 10.7 Å². The predicted molar refractivity (Wildman–Crippen MR) is 61.6 cm³/mol. The number of aliphatic imine (C=N–C) groups is 1. The van der Waals surface area contributed by atoms with Crippen molar-refractivity contribution in [3.05, 3.63) is 34.1 Å². The van der Waals surface area contributed by atoms with E-state index in [0.29, 0.717) is 29.0 Å². The highest BCUT2D eigenvalue weighted by atomic mass is 79.9. The second-order valence-corrected chi connectivity index (χ2v) is 3.74. The second-order valence-electron chi connectivity index (χ2n) is 2.89. The highest BCUT2D eigenvalue weighted by Gasteiger charge is 2.02. The average Bonchev–Trinajstić information content (AvgIpc) is 2.22. The zero-order valence-electron chi connectivity index (χ0n) is 8.34. The lowest BCUT2D eigenvalue weighted by Gasteiger charge is -2.02. The fourth-order valence-corrected chi connectivity index (χ4v) is 1.38. The van der Waals surface area contributed by atoms with Gasteiger partial charge < -0.3 is 10.5 Å².